The van der Waals surface area contributed by atoms with Gasteiger partial charge in [-0.3, -0.25) is 9.59 Å². The molecule has 0 unspecified atom stereocenters. The van der Waals surface area contributed by atoms with Crippen LogP contribution in [0.3, 0.4) is 0 Å². The molecule has 3 heteroatoms. The van der Waals surface area contributed by atoms with Gasteiger partial charge in [0.1, 0.15) is 0 Å². The maximum atomic E-state index is 10.4. The van der Waals surface area contributed by atoms with Crippen molar-refractivity contribution in [3.8, 4) is 0 Å². The summed E-state index contributed by atoms with van der Waals surface area (Å²) >= 11 is 0. The second kappa shape index (κ2) is 9.14. The van der Waals surface area contributed by atoms with Crippen molar-refractivity contribution in [1.29, 1.82) is 0 Å². The van der Waals surface area contributed by atoms with E-state index >= 15 is 0 Å². The van der Waals surface area contributed by atoms with Gasteiger partial charge in [0.2, 0.25) is 5.78 Å². The summed E-state index contributed by atoms with van der Waals surface area (Å²) in [4.78, 5) is 20.7. The summed E-state index contributed by atoms with van der Waals surface area (Å²) in [6.45, 7) is 7.77. The van der Waals surface area contributed by atoms with E-state index < -0.39 is 11.7 Å². The molecule has 1 N–H and O–H groups in total. The molecule has 0 aliphatic heterocycles. The van der Waals surface area contributed by atoms with Crippen molar-refractivity contribution in [3.63, 3.8) is 0 Å². The van der Waals surface area contributed by atoms with Gasteiger partial charge < -0.3 is 5.32 Å². The molecule has 1 amide bonds. The van der Waals surface area contributed by atoms with Gasteiger partial charge in [0.25, 0.3) is 5.91 Å². The first kappa shape index (κ1) is 12.8. The standard InChI is InChI=1S/C6H11NO2.C2H6/c1-3-4-7-6(9)5(2)8;1-2/h3-4H2,1-2H3,(H,7,9);1-2H3. The van der Waals surface area contributed by atoms with Crippen LogP contribution >= 0.6 is 0 Å². The molecular formula is C8H17NO2. The second-order valence-corrected chi connectivity index (χ2v) is 1.81. The molecule has 66 valence electrons. The lowest BCUT2D eigenvalue weighted by Gasteiger charge is -1.96. The minimum atomic E-state index is -0.489. The number of hydrogen-bond donors (Lipinski definition) is 1. The molecule has 0 heterocycles. The first-order valence-corrected chi connectivity index (χ1v) is 3.97. The normalized spacial score (nSPS) is 7.64. The van der Waals surface area contributed by atoms with Gasteiger partial charge in [0, 0.05) is 13.5 Å². The Morgan fingerprint density at radius 1 is 1.27 bits per heavy atom. The number of nitrogens with one attached hydrogen (secondary N) is 1. The number of amides is 1. The fraction of sp³-hybridized carbons (Fsp3) is 0.750. The van der Waals surface area contributed by atoms with Gasteiger partial charge in [-0.05, 0) is 6.42 Å². The van der Waals surface area contributed by atoms with E-state index in [9.17, 15) is 9.59 Å². The summed E-state index contributed by atoms with van der Waals surface area (Å²) in [5.41, 5.74) is 0. The molecule has 0 fully saturated rings. The maximum absolute atomic E-state index is 10.4. The fourth-order valence-corrected chi connectivity index (χ4v) is 0.363. The lowest BCUT2D eigenvalue weighted by Crippen LogP contribution is -2.29. The van der Waals surface area contributed by atoms with Crippen LogP contribution in [-0.4, -0.2) is 18.2 Å². The first-order chi connectivity index (χ1) is 5.18. The molecular weight excluding hydrogens is 142 g/mol. The minimum absolute atomic E-state index is 0.427. The quantitative estimate of drug-likeness (QED) is 0.627. The zero-order valence-corrected chi connectivity index (χ0v) is 7.73. The minimum Gasteiger partial charge on any atom is -0.350 e. The molecule has 0 radical (unpaired) electrons. The van der Waals surface area contributed by atoms with Crippen molar-refractivity contribution in [3.05, 3.63) is 0 Å². The summed E-state index contributed by atoms with van der Waals surface area (Å²) in [5, 5.41) is 2.44. The van der Waals surface area contributed by atoms with Crippen LogP contribution in [0.25, 0.3) is 0 Å². The van der Waals surface area contributed by atoms with Gasteiger partial charge in [-0.2, -0.15) is 0 Å². The molecule has 0 saturated heterocycles. The van der Waals surface area contributed by atoms with Crippen LogP contribution in [0.1, 0.15) is 34.1 Å². The van der Waals surface area contributed by atoms with E-state index in [1.165, 1.54) is 6.92 Å². The van der Waals surface area contributed by atoms with Crippen molar-refractivity contribution in [1.82, 2.24) is 5.32 Å². The maximum Gasteiger partial charge on any atom is 0.287 e. The highest BCUT2D eigenvalue weighted by atomic mass is 16.2. The first-order valence-electron chi connectivity index (χ1n) is 3.97. The third-order valence-electron chi connectivity index (χ3n) is 0.855. The van der Waals surface area contributed by atoms with Crippen LogP contribution in [0, 0.1) is 0 Å². The van der Waals surface area contributed by atoms with E-state index in [1.54, 1.807) is 0 Å². The van der Waals surface area contributed by atoms with E-state index in [0.717, 1.165) is 6.42 Å². The molecule has 0 saturated carbocycles. The van der Waals surface area contributed by atoms with Crippen LogP contribution in [0.5, 0.6) is 0 Å². The SMILES string of the molecule is CC.CCCNC(=O)C(C)=O. The Hall–Kier alpha value is -0.860. The van der Waals surface area contributed by atoms with Crippen LogP contribution in [-0.2, 0) is 9.59 Å². The summed E-state index contributed by atoms with van der Waals surface area (Å²) in [6, 6.07) is 0. The lowest BCUT2D eigenvalue weighted by atomic mass is 10.4. The van der Waals surface area contributed by atoms with Crippen molar-refractivity contribution in [2.45, 2.75) is 34.1 Å². The molecule has 11 heavy (non-hydrogen) atoms. The number of hydrogen-bond acceptors (Lipinski definition) is 2. The number of carbonyl (C=O) groups excluding carboxylic acids is 2. The van der Waals surface area contributed by atoms with E-state index in [0.29, 0.717) is 6.54 Å². The van der Waals surface area contributed by atoms with Crippen LogP contribution in [0.4, 0.5) is 0 Å². The fourth-order valence-electron chi connectivity index (χ4n) is 0.363. The molecule has 0 aliphatic rings. The monoisotopic (exact) mass is 159 g/mol. The zero-order chi connectivity index (χ0) is 9.28. The topological polar surface area (TPSA) is 46.2 Å². The number of carbonyl (C=O) groups is 2. The molecule has 3 nitrogen and oxygen atoms in total. The Bertz CT molecular complexity index is 121. The largest absolute Gasteiger partial charge is 0.350 e. The third-order valence-corrected chi connectivity index (χ3v) is 0.855. The number of ketones is 1. The van der Waals surface area contributed by atoms with E-state index in [1.807, 2.05) is 20.8 Å². The molecule has 0 aromatic carbocycles. The van der Waals surface area contributed by atoms with Crippen molar-refractivity contribution in [2.24, 2.45) is 0 Å². The van der Waals surface area contributed by atoms with Crippen molar-refractivity contribution < 1.29 is 9.59 Å². The Balaban J connectivity index is 0. The predicted octanol–water partition coefficient (Wildman–Crippen LogP) is 1.13. The summed E-state index contributed by atoms with van der Waals surface area (Å²) in [6.07, 6.45) is 0.860. The molecule has 0 aromatic heterocycles. The predicted molar refractivity (Wildman–Crippen MR) is 45.3 cm³/mol. The average molecular weight is 159 g/mol. The van der Waals surface area contributed by atoms with E-state index in [2.05, 4.69) is 5.32 Å². The molecule has 0 bridgehead atoms. The van der Waals surface area contributed by atoms with Gasteiger partial charge in [-0.25, -0.2) is 0 Å². The van der Waals surface area contributed by atoms with Gasteiger partial charge in [0.05, 0.1) is 0 Å². The number of Topliss-reactive ketones (excluding diaryl/α,β-unsaturated/α-hetero) is 1. The molecule has 0 atom stereocenters. The number of rotatable bonds is 3. The summed E-state index contributed by atoms with van der Waals surface area (Å²) in [5.74, 6) is -0.916. The summed E-state index contributed by atoms with van der Waals surface area (Å²) < 4.78 is 0. The smallest absolute Gasteiger partial charge is 0.287 e. The highest BCUT2D eigenvalue weighted by Gasteiger charge is 2.03. The molecule has 0 aromatic rings. The van der Waals surface area contributed by atoms with Crippen LogP contribution < -0.4 is 5.32 Å². The zero-order valence-electron chi connectivity index (χ0n) is 7.73. The Morgan fingerprint density at radius 3 is 2.00 bits per heavy atom. The van der Waals surface area contributed by atoms with E-state index in [4.69, 9.17) is 0 Å². The van der Waals surface area contributed by atoms with Gasteiger partial charge in [0.15, 0.2) is 0 Å². The Labute approximate surface area is 68.2 Å². The van der Waals surface area contributed by atoms with E-state index in [-0.39, 0.29) is 0 Å². The summed E-state index contributed by atoms with van der Waals surface area (Å²) in [7, 11) is 0. The average Bonchev–Trinajstić information content (AvgIpc) is 2.03. The third kappa shape index (κ3) is 9.14. The van der Waals surface area contributed by atoms with Gasteiger partial charge in [-0.1, -0.05) is 20.8 Å². The second-order valence-electron chi connectivity index (χ2n) is 1.81. The lowest BCUT2D eigenvalue weighted by molar-refractivity contribution is -0.136. The molecule has 0 rings (SSSR count). The van der Waals surface area contributed by atoms with Gasteiger partial charge in [-0.15, -0.1) is 0 Å². The highest BCUT2D eigenvalue weighted by Crippen LogP contribution is 1.72. The molecule has 0 aliphatic carbocycles. The Morgan fingerprint density at radius 2 is 1.73 bits per heavy atom. The van der Waals surface area contributed by atoms with Crippen LogP contribution in [0.2, 0.25) is 0 Å². The molecule has 0 spiro atoms. The van der Waals surface area contributed by atoms with Crippen molar-refractivity contribution >= 4 is 11.7 Å². The van der Waals surface area contributed by atoms with Gasteiger partial charge >= 0.3 is 0 Å². The Kier molecular flexibility index (Phi) is 10.6. The van der Waals surface area contributed by atoms with Crippen LogP contribution in [0.15, 0.2) is 0 Å². The highest BCUT2D eigenvalue weighted by molar-refractivity contribution is 6.35. The van der Waals surface area contributed by atoms with Crippen molar-refractivity contribution in [2.75, 3.05) is 6.54 Å².